The van der Waals surface area contributed by atoms with E-state index in [1.54, 1.807) is 0 Å². The molecule has 0 saturated heterocycles. The van der Waals surface area contributed by atoms with Crippen LogP contribution in [0.25, 0.3) is 11.3 Å². The number of amides is 2. The van der Waals surface area contributed by atoms with Gasteiger partial charge in [-0.1, -0.05) is 32.9 Å². The Morgan fingerprint density at radius 2 is 1.70 bits per heavy atom. The van der Waals surface area contributed by atoms with Crippen LogP contribution in [0, 0.1) is 5.92 Å². The number of fused-ring (bicyclic) bond motifs is 1. The fourth-order valence-electron chi connectivity index (χ4n) is 4.29. The smallest absolute Gasteiger partial charge is 0.255 e. The molecule has 5 rings (SSSR count). The lowest BCUT2D eigenvalue weighted by molar-refractivity contribution is -0.133. The molecule has 5 heteroatoms. The van der Waals surface area contributed by atoms with Crippen molar-refractivity contribution in [3.63, 3.8) is 0 Å². The molecule has 170 valence electrons. The van der Waals surface area contributed by atoms with E-state index in [4.69, 9.17) is 4.42 Å². The highest BCUT2D eigenvalue weighted by molar-refractivity contribution is 6.04. The van der Waals surface area contributed by atoms with Gasteiger partial charge < -0.3 is 14.6 Å². The molecule has 1 N–H and O–H groups in total. The van der Waals surface area contributed by atoms with E-state index in [1.165, 1.54) is 5.56 Å². The van der Waals surface area contributed by atoms with Crippen molar-refractivity contribution < 1.29 is 14.0 Å². The number of nitrogens with zero attached hydrogens (tertiary/aromatic N) is 1. The number of hydrogen-bond donors (Lipinski definition) is 1. The lowest BCUT2D eigenvalue weighted by Crippen LogP contribution is -2.36. The maximum Gasteiger partial charge on any atom is 0.255 e. The Balaban J connectivity index is 1.25. The third kappa shape index (κ3) is 4.58. The van der Waals surface area contributed by atoms with Crippen molar-refractivity contribution in [2.45, 2.75) is 52.0 Å². The van der Waals surface area contributed by atoms with Gasteiger partial charge in [0.15, 0.2) is 0 Å². The van der Waals surface area contributed by atoms with Gasteiger partial charge in [-0.25, -0.2) is 0 Å². The van der Waals surface area contributed by atoms with E-state index in [2.05, 4.69) is 26.1 Å². The zero-order chi connectivity index (χ0) is 23.2. The Kier molecular flexibility index (Phi) is 5.35. The van der Waals surface area contributed by atoms with Gasteiger partial charge in [0, 0.05) is 47.8 Å². The predicted octanol–water partition coefficient (Wildman–Crippen LogP) is 5.79. The fraction of sp³-hybridized carbons (Fsp3) is 0.357. The second-order valence-corrected chi connectivity index (χ2v) is 10.2. The molecule has 0 atom stereocenters. The minimum Gasteiger partial charge on any atom is -0.461 e. The molecule has 1 aliphatic carbocycles. The number of furan rings is 1. The molecule has 2 aliphatic rings. The van der Waals surface area contributed by atoms with Crippen molar-refractivity contribution in [3.05, 3.63) is 77.0 Å². The number of anilines is 1. The normalized spacial score (nSPS) is 15.8. The minimum absolute atomic E-state index is 0.0565. The summed E-state index contributed by atoms with van der Waals surface area (Å²) in [6.07, 6.45) is 2.82. The molecule has 5 nitrogen and oxygen atoms in total. The molecule has 0 unspecified atom stereocenters. The van der Waals surface area contributed by atoms with Crippen molar-refractivity contribution in [1.82, 2.24) is 4.90 Å². The van der Waals surface area contributed by atoms with Crippen LogP contribution in [-0.2, 0) is 23.2 Å². The van der Waals surface area contributed by atoms with E-state index in [0.29, 0.717) is 12.1 Å². The summed E-state index contributed by atoms with van der Waals surface area (Å²) in [5.41, 5.74) is 4.68. The Morgan fingerprint density at radius 3 is 2.33 bits per heavy atom. The first-order valence-electron chi connectivity index (χ1n) is 11.7. The molecule has 1 saturated carbocycles. The SMILES string of the molecule is CC(C)(C)c1ccc(C(=O)Nc2ccc(-c3cc4c(o3)CCN(C(=O)C3CC3)C4)cc2)cc1. The summed E-state index contributed by atoms with van der Waals surface area (Å²) in [6, 6.07) is 17.5. The molecule has 1 fully saturated rings. The van der Waals surface area contributed by atoms with Crippen LogP contribution in [0.15, 0.2) is 59.0 Å². The van der Waals surface area contributed by atoms with Gasteiger partial charge in [0.1, 0.15) is 11.5 Å². The summed E-state index contributed by atoms with van der Waals surface area (Å²) in [7, 11) is 0. The molecule has 3 aromatic rings. The molecule has 33 heavy (non-hydrogen) atoms. The Hall–Kier alpha value is -3.34. The summed E-state index contributed by atoms with van der Waals surface area (Å²) in [4.78, 5) is 27.0. The lowest BCUT2D eigenvalue weighted by atomic mass is 9.87. The van der Waals surface area contributed by atoms with Crippen LogP contribution in [0.1, 0.15) is 60.9 Å². The lowest BCUT2D eigenvalue weighted by Gasteiger charge is -2.26. The quantitative estimate of drug-likeness (QED) is 0.556. The van der Waals surface area contributed by atoms with Gasteiger partial charge in [-0.05, 0) is 66.3 Å². The van der Waals surface area contributed by atoms with Gasteiger partial charge in [0.2, 0.25) is 5.91 Å². The highest BCUT2D eigenvalue weighted by Crippen LogP contribution is 2.35. The van der Waals surface area contributed by atoms with Crippen LogP contribution >= 0.6 is 0 Å². The van der Waals surface area contributed by atoms with Crippen LogP contribution in [0.3, 0.4) is 0 Å². The summed E-state index contributed by atoms with van der Waals surface area (Å²) in [6.45, 7) is 7.83. The molecule has 1 aliphatic heterocycles. The number of hydrogen-bond acceptors (Lipinski definition) is 3. The van der Waals surface area contributed by atoms with Crippen molar-refractivity contribution in [2.24, 2.45) is 5.92 Å². The molecule has 2 aromatic carbocycles. The van der Waals surface area contributed by atoms with Crippen LogP contribution in [0.2, 0.25) is 0 Å². The van der Waals surface area contributed by atoms with E-state index in [-0.39, 0.29) is 23.1 Å². The van der Waals surface area contributed by atoms with Crippen molar-refractivity contribution in [3.8, 4) is 11.3 Å². The number of carbonyl (C=O) groups excluding carboxylic acids is 2. The average Bonchev–Trinajstić information content (AvgIpc) is 3.57. The standard InChI is InChI=1S/C28H30N2O3/c1-28(2,3)22-10-6-19(7-11-22)26(31)29-23-12-8-18(9-13-23)25-16-21-17-30(15-14-24(21)33-25)27(32)20-4-5-20/h6-13,16,20H,4-5,14-15,17H2,1-3H3,(H,29,31). The first-order chi connectivity index (χ1) is 15.8. The average molecular weight is 443 g/mol. The van der Waals surface area contributed by atoms with Crippen LogP contribution < -0.4 is 5.32 Å². The monoisotopic (exact) mass is 442 g/mol. The van der Waals surface area contributed by atoms with Crippen molar-refractivity contribution in [1.29, 1.82) is 0 Å². The first-order valence-corrected chi connectivity index (χ1v) is 11.7. The van der Waals surface area contributed by atoms with Gasteiger partial charge in [-0.15, -0.1) is 0 Å². The Labute approximate surface area is 194 Å². The summed E-state index contributed by atoms with van der Waals surface area (Å²) in [5, 5.41) is 2.97. The molecular formula is C28H30N2O3. The zero-order valence-corrected chi connectivity index (χ0v) is 19.5. The second kappa shape index (κ2) is 8.22. The van der Waals surface area contributed by atoms with E-state index in [1.807, 2.05) is 59.5 Å². The number of benzene rings is 2. The highest BCUT2D eigenvalue weighted by Gasteiger charge is 2.35. The van der Waals surface area contributed by atoms with E-state index >= 15 is 0 Å². The predicted molar refractivity (Wildman–Crippen MR) is 129 cm³/mol. The first kappa shape index (κ1) is 21.5. The van der Waals surface area contributed by atoms with Gasteiger partial charge in [0.05, 0.1) is 0 Å². The molecule has 0 spiro atoms. The van der Waals surface area contributed by atoms with E-state index in [0.717, 1.165) is 54.1 Å². The Bertz CT molecular complexity index is 1180. The summed E-state index contributed by atoms with van der Waals surface area (Å²) < 4.78 is 6.10. The molecule has 1 aromatic heterocycles. The maximum atomic E-state index is 12.6. The molecule has 2 amide bonds. The highest BCUT2D eigenvalue weighted by atomic mass is 16.3. The largest absolute Gasteiger partial charge is 0.461 e. The summed E-state index contributed by atoms with van der Waals surface area (Å²) >= 11 is 0. The van der Waals surface area contributed by atoms with Crippen LogP contribution in [0.5, 0.6) is 0 Å². The van der Waals surface area contributed by atoms with E-state index in [9.17, 15) is 9.59 Å². The maximum absolute atomic E-state index is 12.6. The van der Waals surface area contributed by atoms with Gasteiger partial charge in [-0.2, -0.15) is 0 Å². The Morgan fingerprint density at radius 1 is 1.00 bits per heavy atom. The summed E-state index contributed by atoms with van der Waals surface area (Å²) in [5.74, 6) is 2.18. The van der Waals surface area contributed by atoms with Gasteiger partial charge >= 0.3 is 0 Å². The fourth-order valence-corrected chi connectivity index (χ4v) is 4.29. The number of nitrogens with one attached hydrogen (secondary N) is 1. The molecule has 0 radical (unpaired) electrons. The molecular weight excluding hydrogens is 412 g/mol. The third-order valence-electron chi connectivity index (χ3n) is 6.55. The number of carbonyl (C=O) groups is 2. The molecule has 0 bridgehead atoms. The molecule has 2 heterocycles. The van der Waals surface area contributed by atoms with Crippen molar-refractivity contribution in [2.75, 3.05) is 11.9 Å². The van der Waals surface area contributed by atoms with Crippen molar-refractivity contribution >= 4 is 17.5 Å². The number of rotatable bonds is 4. The van der Waals surface area contributed by atoms with Crippen LogP contribution in [0.4, 0.5) is 5.69 Å². The third-order valence-corrected chi connectivity index (χ3v) is 6.55. The van der Waals surface area contributed by atoms with E-state index < -0.39 is 0 Å². The van der Waals surface area contributed by atoms with Gasteiger partial charge in [-0.3, -0.25) is 9.59 Å². The topological polar surface area (TPSA) is 62.6 Å². The van der Waals surface area contributed by atoms with Gasteiger partial charge in [0.25, 0.3) is 5.91 Å². The second-order valence-electron chi connectivity index (χ2n) is 10.2. The minimum atomic E-state index is -0.128. The van der Waals surface area contributed by atoms with Crippen LogP contribution in [-0.4, -0.2) is 23.3 Å². The zero-order valence-electron chi connectivity index (χ0n) is 19.5.